The van der Waals surface area contributed by atoms with Crippen LogP contribution in [-0.2, 0) is 11.2 Å². The third-order valence-corrected chi connectivity index (χ3v) is 3.65. The van der Waals surface area contributed by atoms with Gasteiger partial charge < -0.3 is 19.0 Å². The first kappa shape index (κ1) is 12.8. The minimum absolute atomic E-state index is 0.114. The van der Waals surface area contributed by atoms with Crippen molar-refractivity contribution in [2.75, 3.05) is 6.79 Å². The lowest BCUT2D eigenvalue weighted by Crippen LogP contribution is -2.00. The van der Waals surface area contributed by atoms with Gasteiger partial charge in [-0.2, -0.15) is 0 Å². The maximum absolute atomic E-state index is 11.2. The van der Waals surface area contributed by atoms with Gasteiger partial charge in [0.05, 0.1) is 6.42 Å². The van der Waals surface area contributed by atoms with E-state index in [-0.39, 0.29) is 13.2 Å². The van der Waals surface area contributed by atoms with Crippen molar-refractivity contribution >= 4 is 16.9 Å². The summed E-state index contributed by atoms with van der Waals surface area (Å²) in [5.74, 6) is 0.890. The van der Waals surface area contributed by atoms with Gasteiger partial charge in [-0.05, 0) is 6.07 Å². The van der Waals surface area contributed by atoms with E-state index < -0.39 is 5.97 Å². The standard InChI is InChI=1S/C17H12O5/c18-16(19)7-12-11-6-14-15(21-9-20-14)8-13(11)22-17(12)10-4-2-1-3-5-10/h1-6,8H,7,9H2,(H,18,19). The van der Waals surface area contributed by atoms with Crippen molar-refractivity contribution < 1.29 is 23.8 Å². The van der Waals surface area contributed by atoms with E-state index in [0.717, 1.165) is 10.9 Å². The van der Waals surface area contributed by atoms with Crippen LogP contribution in [0.25, 0.3) is 22.3 Å². The molecule has 1 aromatic heterocycles. The van der Waals surface area contributed by atoms with E-state index in [1.54, 1.807) is 12.1 Å². The predicted octanol–water partition coefficient (Wildman–Crippen LogP) is 3.46. The average molecular weight is 296 g/mol. The number of benzene rings is 2. The van der Waals surface area contributed by atoms with Crippen molar-refractivity contribution in [2.24, 2.45) is 0 Å². The Morgan fingerprint density at radius 3 is 2.55 bits per heavy atom. The molecule has 0 amide bonds. The fraction of sp³-hybridized carbons (Fsp3) is 0.118. The number of aliphatic carboxylic acids is 1. The third-order valence-electron chi connectivity index (χ3n) is 3.65. The molecule has 1 aliphatic rings. The highest BCUT2D eigenvalue weighted by molar-refractivity contribution is 5.93. The van der Waals surface area contributed by atoms with Crippen molar-refractivity contribution in [1.82, 2.24) is 0 Å². The first-order valence-corrected chi connectivity index (χ1v) is 6.84. The molecular formula is C17H12O5. The Kier molecular flexibility index (Phi) is 2.79. The Bertz CT molecular complexity index is 864. The smallest absolute Gasteiger partial charge is 0.307 e. The number of rotatable bonds is 3. The average Bonchev–Trinajstić information content (AvgIpc) is 3.10. The second-order valence-corrected chi connectivity index (χ2v) is 5.05. The molecule has 0 saturated heterocycles. The summed E-state index contributed by atoms with van der Waals surface area (Å²) in [7, 11) is 0. The number of hydrogen-bond donors (Lipinski definition) is 1. The Morgan fingerprint density at radius 1 is 1.09 bits per heavy atom. The summed E-state index contributed by atoms with van der Waals surface area (Å²) in [6, 6.07) is 13.0. The summed E-state index contributed by atoms with van der Waals surface area (Å²) in [5, 5.41) is 9.95. The molecule has 2 heterocycles. The Hall–Kier alpha value is -2.95. The van der Waals surface area contributed by atoms with E-state index in [0.29, 0.717) is 28.4 Å². The quantitative estimate of drug-likeness (QED) is 0.801. The van der Waals surface area contributed by atoms with Crippen LogP contribution in [0.1, 0.15) is 5.56 Å². The minimum Gasteiger partial charge on any atom is -0.481 e. The van der Waals surface area contributed by atoms with Gasteiger partial charge in [-0.1, -0.05) is 30.3 Å². The van der Waals surface area contributed by atoms with Crippen molar-refractivity contribution in [1.29, 1.82) is 0 Å². The van der Waals surface area contributed by atoms with Crippen molar-refractivity contribution in [3.8, 4) is 22.8 Å². The molecule has 0 saturated carbocycles. The molecule has 4 rings (SSSR count). The Balaban J connectivity index is 1.97. The van der Waals surface area contributed by atoms with Crippen LogP contribution >= 0.6 is 0 Å². The summed E-state index contributed by atoms with van der Waals surface area (Å²) in [6.45, 7) is 0.168. The van der Waals surface area contributed by atoms with Gasteiger partial charge in [-0.15, -0.1) is 0 Å². The van der Waals surface area contributed by atoms with E-state index in [2.05, 4.69) is 0 Å². The Labute approximate surface area is 125 Å². The molecular weight excluding hydrogens is 284 g/mol. The number of hydrogen-bond acceptors (Lipinski definition) is 4. The number of ether oxygens (including phenoxy) is 2. The van der Waals surface area contributed by atoms with Crippen molar-refractivity contribution in [2.45, 2.75) is 6.42 Å². The molecule has 0 spiro atoms. The zero-order valence-corrected chi connectivity index (χ0v) is 11.5. The minimum atomic E-state index is -0.905. The fourth-order valence-corrected chi connectivity index (χ4v) is 2.69. The first-order valence-electron chi connectivity index (χ1n) is 6.84. The number of furan rings is 1. The van der Waals surface area contributed by atoms with Gasteiger partial charge in [0.1, 0.15) is 11.3 Å². The van der Waals surface area contributed by atoms with Crippen LogP contribution < -0.4 is 9.47 Å². The summed E-state index contributed by atoms with van der Waals surface area (Å²) in [6.07, 6.45) is -0.114. The fourth-order valence-electron chi connectivity index (χ4n) is 2.69. The van der Waals surface area contributed by atoms with Gasteiger partial charge in [0.15, 0.2) is 11.5 Å². The van der Waals surface area contributed by atoms with Gasteiger partial charge in [0.2, 0.25) is 6.79 Å². The largest absolute Gasteiger partial charge is 0.481 e. The molecule has 0 aliphatic carbocycles. The lowest BCUT2D eigenvalue weighted by molar-refractivity contribution is -0.136. The SMILES string of the molecule is O=C(O)Cc1c(-c2ccccc2)oc2cc3c(cc12)OCO3. The van der Waals surface area contributed by atoms with Gasteiger partial charge in [-0.3, -0.25) is 4.79 Å². The maximum Gasteiger partial charge on any atom is 0.307 e. The van der Waals surface area contributed by atoms with Gasteiger partial charge in [0, 0.05) is 22.6 Å². The topological polar surface area (TPSA) is 68.9 Å². The second kappa shape index (κ2) is 4.80. The highest BCUT2D eigenvalue weighted by atomic mass is 16.7. The number of carboxylic acid groups (broad SMARTS) is 1. The molecule has 0 atom stereocenters. The zero-order valence-electron chi connectivity index (χ0n) is 11.5. The van der Waals surface area contributed by atoms with E-state index in [1.807, 2.05) is 30.3 Å². The van der Waals surface area contributed by atoms with Crippen LogP contribution in [0.15, 0.2) is 46.9 Å². The number of fused-ring (bicyclic) bond motifs is 2. The van der Waals surface area contributed by atoms with Gasteiger partial charge >= 0.3 is 5.97 Å². The van der Waals surface area contributed by atoms with E-state index >= 15 is 0 Å². The van der Waals surface area contributed by atoms with E-state index in [4.69, 9.17) is 13.9 Å². The lowest BCUT2D eigenvalue weighted by atomic mass is 10.0. The summed E-state index contributed by atoms with van der Waals surface area (Å²) >= 11 is 0. The van der Waals surface area contributed by atoms with Crippen LogP contribution in [0.3, 0.4) is 0 Å². The van der Waals surface area contributed by atoms with Crippen molar-refractivity contribution in [3.05, 3.63) is 48.0 Å². The number of carboxylic acids is 1. The second-order valence-electron chi connectivity index (χ2n) is 5.05. The highest BCUT2D eigenvalue weighted by Gasteiger charge is 2.22. The van der Waals surface area contributed by atoms with Gasteiger partial charge in [-0.25, -0.2) is 0 Å². The molecule has 0 bridgehead atoms. The van der Waals surface area contributed by atoms with Crippen LogP contribution in [0.4, 0.5) is 0 Å². The molecule has 1 N–H and O–H groups in total. The monoisotopic (exact) mass is 296 g/mol. The molecule has 2 aromatic carbocycles. The molecule has 110 valence electrons. The summed E-state index contributed by atoms with van der Waals surface area (Å²) in [4.78, 5) is 11.2. The summed E-state index contributed by atoms with van der Waals surface area (Å²) in [5.41, 5.74) is 2.09. The van der Waals surface area contributed by atoms with Crippen LogP contribution in [0, 0.1) is 0 Å². The number of carbonyl (C=O) groups is 1. The molecule has 0 radical (unpaired) electrons. The van der Waals surface area contributed by atoms with Crippen LogP contribution in [0.5, 0.6) is 11.5 Å². The molecule has 1 aliphatic heterocycles. The molecule has 0 fully saturated rings. The van der Waals surface area contributed by atoms with E-state index in [1.165, 1.54) is 0 Å². The van der Waals surface area contributed by atoms with Crippen LogP contribution in [-0.4, -0.2) is 17.9 Å². The van der Waals surface area contributed by atoms with Gasteiger partial charge in [0.25, 0.3) is 0 Å². The lowest BCUT2D eigenvalue weighted by Gasteiger charge is -2.01. The predicted molar refractivity (Wildman–Crippen MR) is 79.1 cm³/mol. The Morgan fingerprint density at radius 2 is 1.82 bits per heavy atom. The normalized spacial score (nSPS) is 12.7. The molecule has 5 nitrogen and oxygen atoms in total. The third kappa shape index (κ3) is 1.98. The zero-order chi connectivity index (χ0) is 15.1. The molecule has 3 aromatic rings. The van der Waals surface area contributed by atoms with Crippen LogP contribution in [0.2, 0.25) is 0 Å². The molecule has 22 heavy (non-hydrogen) atoms. The van der Waals surface area contributed by atoms with E-state index in [9.17, 15) is 9.90 Å². The van der Waals surface area contributed by atoms with Crippen molar-refractivity contribution in [3.63, 3.8) is 0 Å². The summed E-state index contributed by atoms with van der Waals surface area (Å²) < 4.78 is 16.6. The molecule has 0 unspecified atom stereocenters. The highest BCUT2D eigenvalue weighted by Crippen LogP contribution is 2.41. The maximum atomic E-state index is 11.2. The molecule has 5 heteroatoms. The first-order chi connectivity index (χ1) is 10.7.